The first kappa shape index (κ1) is 20.2. The summed E-state index contributed by atoms with van der Waals surface area (Å²) < 4.78 is 29.2. The molecule has 28 heavy (non-hydrogen) atoms. The fourth-order valence-electron chi connectivity index (χ4n) is 2.91. The van der Waals surface area contributed by atoms with Gasteiger partial charge in [0.2, 0.25) is 0 Å². The molecule has 0 radical (unpaired) electrons. The molecule has 1 atom stereocenters. The molecule has 150 valence electrons. The average molecular weight is 409 g/mol. The Morgan fingerprint density at radius 3 is 2.82 bits per heavy atom. The maximum absolute atomic E-state index is 13.1. The van der Waals surface area contributed by atoms with Crippen molar-refractivity contribution in [1.82, 2.24) is 34.3 Å². The zero-order valence-electron chi connectivity index (χ0n) is 15.5. The van der Waals surface area contributed by atoms with Crippen LogP contribution in [0.4, 0.5) is 8.78 Å². The maximum atomic E-state index is 13.1. The molecular formula is C17H21F2N7OS. The molecule has 0 fully saturated rings. The smallest absolute Gasteiger partial charge is 0.280 e. The average Bonchev–Trinajstić information content (AvgIpc) is 3.30. The lowest BCUT2D eigenvalue weighted by Crippen LogP contribution is -2.32. The summed E-state index contributed by atoms with van der Waals surface area (Å²) in [5, 5.41) is 8.19. The first-order chi connectivity index (χ1) is 13.4. The van der Waals surface area contributed by atoms with Gasteiger partial charge in [0.25, 0.3) is 18.1 Å². The van der Waals surface area contributed by atoms with Crippen molar-refractivity contribution in [2.24, 2.45) is 13.0 Å². The van der Waals surface area contributed by atoms with Crippen LogP contribution >= 0.6 is 12.6 Å². The number of thiol groups is 1. The van der Waals surface area contributed by atoms with Crippen molar-refractivity contribution in [2.45, 2.75) is 26.2 Å². The molecule has 3 heterocycles. The van der Waals surface area contributed by atoms with Gasteiger partial charge in [-0.05, 0) is 30.9 Å². The summed E-state index contributed by atoms with van der Waals surface area (Å²) in [5.74, 6) is 0.340. The first-order valence-electron chi connectivity index (χ1n) is 8.76. The van der Waals surface area contributed by atoms with Crippen LogP contribution in [0.15, 0.2) is 24.7 Å². The lowest BCUT2D eigenvalue weighted by molar-refractivity contribution is 0.0772. The summed E-state index contributed by atoms with van der Waals surface area (Å²) >= 11 is 4.25. The normalized spacial score (nSPS) is 12.6. The molecule has 11 heteroatoms. The third-order valence-corrected chi connectivity index (χ3v) is 4.75. The van der Waals surface area contributed by atoms with Crippen LogP contribution in [0.2, 0.25) is 0 Å². The van der Waals surface area contributed by atoms with Gasteiger partial charge in [-0.15, -0.1) is 0 Å². The second-order valence-electron chi connectivity index (χ2n) is 6.63. The minimum atomic E-state index is -2.67. The molecule has 0 aromatic carbocycles. The Balaban J connectivity index is 1.66. The molecule has 3 aromatic rings. The number of carbonyl (C=O) groups is 1. The van der Waals surface area contributed by atoms with Gasteiger partial charge in [0.05, 0.1) is 5.88 Å². The molecule has 3 rings (SSSR count). The monoisotopic (exact) mass is 409 g/mol. The molecule has 0 unspecified atom stereocenters. The van der Waals surface area contributed by atoms with Crippen LogP contribution in [0.3, 0.4) is 0 Å². The van der Waals surface area contributed by atoms with Crippen LogP contribution in [-0.2, 0) is 13.5 Å². The van der Waals surface area contributed by atoms with Crippen molar-refractivity contribution in [2.75, 3.05) is 12.4 Å². The van der Waals surface area contributed by atoms with Gasteiger partial charge in [-0.1, -0.05) is 6.92 Å². The molecule has 3 aromatic heterocycles. The molecule has 0 aliphatic heterocycles. The molecular weight excluding hydrogens is 388 g/mol. The predicted molar refractivity (Wildman–Crippen MR) is 101 cm³/mol. The fraction of sp³-hybridized carbons (Fsp3) is 0.471. The lowest BCUT2D eigenvalue weighted by atomic mass is 10.0. The summed E-state index contributed by atoms with van der Waals surface area (Å²) in [4.78, 5) is 21.8. The van der Waals surface area contributed by atoms with E-state index in [-0.39, 0.29) is 29.2 Å². The molecule has 8 nitrogen and oxygen atoms in total. The Morgan fingerprint density at radius 1 is 1.39 bits per heavy atom. The molecule has 0 saturated heterocycles. The van der Waals surface area contributed by atoms with Crippen LogP contribution < -0.4 is 0 Å². The van der Waals surface area contributed by atoms with Gasteiger partial charge < -0.3 is 4.90 Å². The Hall–Kier alpha value is -2.56. The van der Waals surface area contributed by atoms with Crippen molar-refractivity contribution >= 4 is 24.3 Å². The summed E-state index contributed by atoms with van der Waals surface area (Å²) in [7, 11) is 1.75. The minimum absolute atomic E-state index is 0.110. The molecule has 0 N–H and O–H groups in total. The number of fused-ring (bicyclic) bond motifs is 1. The zero-order chi connectivity index (χ0) is 20.3. The van der Waals surface area contributed by atoms with Crippen LogP contribution in [0.1, 0.15) is 41.6 Å². The topological polar surface area (TPSA) is 81.2 Å². The van der Waals surface area contributed by atoms with Crippen molar-refractivity contribution in [3.63, 3.8) is 0 Å². The molecule has 0 aliphatic rings. The number of hydrogen-bond acceptors (Lipinski definition) is 6. The second-order valence-corrected chi connectivity index (χ2v) is 6.91. The highest BCUT2D eigenvalue weighted by Crippen LogP contribution is 2.21. The van der Waals surface area contributed by atoms with E-state index in [0.29, 0.717) is 30.8 Å². The Bertz CT molecular complexity index is 958. The van der Waals surface area contributed by atoms with Crippen molar-refractivity contribution in [3.8, 4) is 0 Å². The summed E-state index contributed by atoms with van der Waals surface area (Å²) in [6.45, 7) is 2.47. The lowest BCUT2D eigenvalue weighted by Gasteiger charge is -2.21. The third-order valence-electron chi connectivity index (χ3n) is 4.41. The molecule has 0 saturated carbocycles. The summed E-state index contributed by atoms with van der Waals surface area (Å²) in [5.41, 5.74) is 0.660. The van der Waals surface area contributed by atoms with E-state index >= 15 is 0 Å². The van der Waals surface area contributed by atoms with Crippen LogP contribution in [0, 0.1) is 5.92 Å². The summed E-state index contributed by atoms with van der Waals surface area (Å²) in [6, 6.07) is 3.02. The summed E-state index contributed by atoms with van der Waals surface area (Å²) in [6.07, 6.45) is 1.49. The molecule has 0 bridgehead atoms. The van der Waals surface area contributed by atoms with Crippen molar-refractivity contribution < 1.29 is 13.6 Å². The second kappa shape index (κ2) is 8.63. The number of hydrogen-bond donors (Lipinski definition) is 1. The Labute approximate surface area is 166 Å². The number of nitrogens with zero attached hydrogens (tertiary/aromatic N) is 7. The van der Waals surface area contributed by atoms with Gasteiger partial charge >= 0.3 is 0 Å². The maximum Gasteiger partial charge on any atom is 0.280 e. The van der Waals surface area contributed by atoms with Gasteiger partial charge in [0.1, 0.15) is 17.7 Å². The SMILES string of the molecule is C[C@H](CCN(CS)C(=O)c1ccn(C)n1)Cc1cc(C(F)F)nc2ncnn12. The number of aryl methyl sites for hydroxylation is 1. The minimum Gasteiger partial charge on any atom is -0.328 e. The van der Waals surface area contributed by atoms with Crippen LogP contribution in [-0.4, -0.2) is 52.6 Å². The fourth-order valence-corrected chi connectivity index (χ4v) is 3.18. The van der Waals surface area contributed by atoms with E-state index in [1.165, 1.54) is 16.9 Å². The number of halogens is 2. The quantitative estimate of drug-likeness (QED) is 0.456. The highest BCUT2D eigenvalue weighted by Gasteiger charge is 2.19. The van der Waals surface area contributed by atoms with Gasteiger partial charge in [0.15, 0.2) is 0 Å². The highest BCUT2D eigenvalue weighted by atomic mass is 32.1. The molecule has 0 spiro atoms. The Morgan fingerprint density at radius 2 is 2.18 bits per heavy atom. The van der Waals surface area contributed by atoms with Crippen LogP contribution in [0.5, 0.6) is 0 Å². The standard InChI is InChI=1S/C17H21F2N7OS/c1-11(3-6-25(10-28)16(27)13-4-5-24(2)23-13)7-12-8-14(15(18)19)22-17-20-9-21-26(12)17/h4-5,8-9,11,15,28H,3,6-7,10H2,1-2H3/t11-/m1/s1. The van der Waals surface area contributed by atoms with Crippen molar-refractivity contribution in [1.29, 1.82) is 0 Å². The number of aromatic nitrogens is 6. The van der Waals surface area contributed by atoms with Gasteiger partial charge in [-0.3, -0.25) is 9.48 Å². The molecule has 0 aliphatic carbocycles. The number of alkyl halides is 2. The van der Waals surface area contributed by atoms with Crippen LogP contribution in [0.25, 0.3) is 5.78 Å². The predicted octanol–water partition coefficient (Wildman–Crippen LogP) is 2.39. The van der Waals surface area contributed by atoms with Gasteiger partial charge in [0, 0.05) is 25.5 Å². The number of rotatable bonds is 8. The Kier molecular flexibility index (Phi) is 6.22. The van der Waals surface area contributed by atoms with E-state index in [2.05, 4.69) is 32.8 Å². The van der Waals surface area contributed by atoms with E-state index in [9.17, 15) is 13.6 Å². The van der Waals surface area contributed by atoms with E-state index < -0.39 is 6.43 Å². The van der Waals surface area contributed by atoms with Gasteiger partial charge in [-0.25, -0.2) is 18.3 Å². The third kappa shape index (κ3) is 4.46. The van der Waals surface area contributed by atoms with E-state index in [1.54, 1.807) is 28.9 Å². The first-order valence-corrected chi connectivity index (χ1v) is 9.39. The largest absolute Gasteiger partial charge is 0.328 e. The number of amides is 1. The zero-order valence-corrected chi connectivity index (χ0v) is 16.4. The highest BCUT2D eigenvalue weighted by molar-refractivity contribution is 7.80. The van der Waals surface area contributed by atoms with E-state index in [4.69, 9.17) is 0 Å². The van der Waals surface area contributed by atoms with E-state index in [0.717, 1.165) is 0 Å². The van der Waals surface area contributed by atoms with Gasteiger partial charge in [-0.2, -0.15) is 27.8 Å². The van der Waals surface area contributed by atoms with E-state index in [1.807, 2.05) is 6.92 Å². The molecule has 1 amide bonds. The number of carbonyl (C=O) groups excluding carboxylic acids is 1. The van der Waals surface area contributed by atoms with Crippen molar-refractivity contribution in [3.05, 3.63) is 41.7 Å².